The van der Waals surface area contributed by atoms with Crippen LogP contribution >= 0.6 is 0 Å². The molecule has 0 fully saturated rings. The Morgan fingerprint density at radius 3 is 1.84 bits per heavy atom. The molecule has 43 heavy (non-hydrogen) atoms. The zero-order valence-corrected chi connectivity index (χ0v) is 26.9. The molecule has 242 valence electrons. The van der Waals surface area contributed by atoms with Gasteiger partial charge in [-0.05, 0) is 74.9 Å². The van der Waals surface area contributed by atoms with E-state index in [1.165, 1.54) is 24.3 Å². The SMILES string of the molecule is CC(C)(C)C.CCC[C@@H](c1ccc(C(=O)NCCC(=O)OCC)cc1)C(OOC(C)(C)C)c1ccc(OC(F)(F)F)cc1. The highest BCUT2D eigenvalue weighted by Crippen LogP contribution is 2.39. The number of halogens is 3. The molecule has 1 N–H and O–H groups in total. The first-order valence-corrected chi connectivity index (χ1v) is 14.6. The van der Waals surface area contributed by atoms with E-state index < -0.39 is 18.1 Å². The van der Waals surface area contributed by atoms with Crippen LogP contribution in [0.5, 0.6) is 5.75 Å². The van der Waals surface area contributed by atoms with Crippen molar-refractivity contribution in [1.82, 2.24) is 5.32 Å². The Morgan fingerprint density at radius 2 is 1.37 bits per heavy atom. The Balaban J connectivity index is 0.00000170. The van der Waals surface area contributed by atoms with E-state index in [4.69, 9.17) is 14.5 Å². The molecule has 2 rings (SSSR count). The van der Waals surface area contributed by atoms with Crippen molar-refractivity contribution in [2.24, 2.45) is 5.41 Å². The van der Waals surface area contributed by atoms with Crippen LogP contribution in [0.3, 0.4) is 0 Å². The molecule has 1 amide bonds. The van der Waals surface area contributed by atoms with Gasteiger partial charge < -0.3 is 14.8 Å². The Hall–Kier alpha value is -3.11. The number of rotatable bonds is 13. The van der Waals surface area contributed by atoms with Crippen LogP contribution in [-0.4, -0.2) is 37.0 Å². The highest BCUT2D eigenvalue weighted by Gasteiger charge is 2.32. The average molecular weight is 612 g/mol. The molecule has 2 aromatic rings. The molecule has 0 aliphatic heterocycles. The fraction of sp³-hybridized carbons (Fsp3) is 0.576. The summed E-state index contributed by atoms with van der Waals surface area (Å²) < 4.78 is 46.7. The number of hydrogen-bond donors (Lipinski definition) is 1. The van der Waals surface area contributed by atoms with Crippen molar-refractivity contribution in [1.29, 1.82) is 0 Å². The van der Waals surface area contributed by atoms with Crippen molar-refractivity contribution in [3.05, 3.63) is 65.2 Å². The van der Waals surface area contributed by atoms with E-state index in [-0.39, 0.29) is 43.1 Å². The highest BCUT2D eigenvalue weighted by atomic mass is 19.4. The molecule has 2 atom stereocenters. The lowest BCUT2D eigenvalue weighted by atomic mass is 9.85. The summed E-state index contributed by atoms with van der Waals surface area (Å²) in [4.78, 5) is 35.5. The normalized spacial score (nSPS) is 13.3. The number of carbonyl (C=O) groups is 2. The zero-order valence-electron chi connectivity index (χ0n) is 26.9. The number of hydrogen-bond acceptors (Lipinski definition) is 6. The van der Waals surface area contributed by atoms with Crippen molar-refractivity contribution in [3.8, 4) is 5.75 Å². The first-order valence-electron chi connectivity index (χ1n) is 14.6. The number of esters is 1. The minimum atomic E-state index is -4.79. The van der Waals surface area contributed by atoms with Crippen molar-refractivity contribution in [3.63, 3.8) is 0 Å². The van der Waals surface area contributed by atoms with Crippen molar-refractivity contribution >= 4 is 11.9 Å². The molecule has 0 heterocycles. The first-order chi connectivity index (χ1) is 19.8. The maximum absolute atomic E-state index is 12.6. The van der Waals surface area contributed by atoms with Crippen LogP contribution in [0.25, 0.3) is 0 Å². The Kier molecular flexibility index (Phi) is 15.2. The highest BCUT2D eigenvalue weighted by molar-refractivity contribution is 5.94. The Bertz CT molecular complexity index is 1100. The van der Waals surface area contributed by atoms with Crippen LogP contribution in [-0.2, 0) is 19.3 Å². The maximum atomic E-state index is 12.6. The summed E-state index contributed by atoms with van der Waals surface area (Å²) in [5, 5.41) is 2.69. The summed E-state index contributed by atoms with van der Waals surface area (Å²) >= 11 is 0. The van der Waals surface area contributed by atoms with Crippen LogP contribution in [0.15, 0.2) is 48.5 Å². The minimum Gasteiger partial charge on any atom is -0.466 e. The molecule has 0 spiro atoms. The number of benzene rings is 2. The van der Waals surface area contributed by atoms with Gasteiger partial charge >= 0.3 is 12.3 Å². The van der Waals surface area contributed by atoms with Crippen molar-refractivity contribution < 1.29 is 42.0 Å². The third-order valence-corrected chi connectivity index (χ3v) is 5.33. The molecule has 0 aliphatic rings. The van der Waals surface area contributed by atoms with Gasteiger partial charge in [-0.2, -0.15) is 0 Å². The summed E-state index contributed by atoms with van der Waals surface area (Å²) in [5.74, 6) is -1.26. The lowest BCUT2D eigenvalue weighted by Crippen LogP contribution is -2.26. The van der Waals surface area contributed by atoms with Gasteiger partial charge in [0.05, 0.1) is 18.6 Å². The summed E-state index contributed by atoms with van der Waals surface area (Å²) in [6.07, 6.45) is -3.87. The van der Waals surface area contributed by atoms with Gasteiger partial charge in [-0.15, -0.1) is 13.2 Å². The van der Waals surface area contributed by atoms with E-state index in [1.54, 1.807) is 19.1 Å². The van der Waals surface area contributed by atoms with Crippen LogP contribution in [0.4, 0.5) is 13.2 Å². The van der Waals surface area contributed by atoms with Gasteiger partial charge in [0, 0.05) is 18.0 Å². The number of alkyl halides is 3. The molecule has 0 saturated heterocycles. The number of nitrogens with one attached hydrogen (secondary N) is 1. The van der Waals surface area contributed by atoms with Crippen LogP contribution in [0.2, 0.25) is 0 Å². The lowest BCUT2D eigenvalue weighted by molar-refractivity contribution is -0.379. The minimum absolute atomic E-state index is 0.0792. The van der Waals surface area contributed by atoms with Gasteiger partial charge in [0.1, 0.15) is 11.9 Å². The van der Waals surface area contributed by atoms with E-state index in [0.29, 0.717) is 23.0 Å². The summed E-state index contributed by atoms with van der Waals surface area (Å²) in [7, 11) is 0. The molecule has 2 aromatic carbocycles. The summed E-state index contributed by atoms with van der Waals surface area (Å²) in [6.45, 7) is 18.4. The Morgan fingerprint density at radius 1 is 0.837 bits per heavy atom. The monoisotopic (exact) mass is 611 g/mol. The van der Waals surface area contributed by atoms with E-state index in [9.17, 15) is 22.8 Å². The second-order valence-corrected chi connectivity index (χ2v) is 12.7. The molecule has 10 heteroatoms. The average Bonchev–Trinajstić information content (AvgIpc) is 2.87. The molecule has 1 unspecified atom stereocenters. The molecular formula is C33H48F3NO6. The summed E-state index contributed by atoms with van der Waals surface area (Å²) in [6, 6.07) is 12.5. The molecule has 7 nitrogen and oxygen atoms in total. The van der Waals surface area contributed by atoms with Gasteiger partial charge in [0.25, 0.3) is 5.91 Å². The summed E-state index contributed by atoms with van der Waals surface area (Å²) in [5.41, 5.74) is 1.78. The fourth-order valence-electron chi connectivity index (χ4n) is 3.71. The van der Waals surface area contributed by atoms with Crippen LogP contribution in [0.1, 0.15) is 115 Å². The molecule has 0 aliphatic carbocycles. The quantitative estimate of drug-likeness (QED) is 0.139. The lowest BCUT2D eigenvalue weighted by Gasteiger charge is -2.30. The molecular weight excluding hydrogens is 563 g/mol. The van der Waals surface area contributed by atoms with Crippen molar-refractivity contribution in [2.45, 2.75) is 106 Å². The number of carbonyl (C=O) groups excluding carboxylic acids is 2. The largest absolute Gasteiger partial charge is 0.573 e. The smallest absolute Gasteiger partial charge is 0.466 e. The topological polar surface area (TPSA) is 83.1 Å². The van der Waals surface area contributed by atoms with E-state index >= 15 is 0 Å². The molecule has 0 saturated carbocycles. The van der Waals surface area contributed by atoms with Gasteiger partial charge in [-0.25, -0.2) is 9.78 Å². The van der Waals surface area contributed by atoms with Gasteiger partial charge in [0.15, 0.2) is 0 Å². The predicted molar refractivity (Wildman–Crippen MR) is 161 cm³/mol. The van der Waals surface area contributed by atoms with E-state index in [1.807, 2.05) is 39.8 Å². The number of ether oxygens (including phenoxy) is 2. The predicted octanol–water partition coefficient (Wildman–Crippen LogP) is 8.69. The van der Waals surface area contributed by atoms with Gasteiger partial charge in [0.2, 0.25) is 0 Å². The Labute approximate surface area is 254 Å². The van der Waals surface area contributed by atoms with Gasteiger partial charge in [-0.3, -0.25) is 9.59 Å². The zero-order chi connectivity index (χ0) is 32.8. The fourth-order valence-corrected chi connectivity index (χ4v) is 3.71. The number of amides is 1. The first kappa shape index (κ1) is 37.9. The molecule has 0 radical (unpaired) electrons. The second kappa shape index (κ2) is 17.3. The van der Waals surface area contributed by atoms with E-state index in [2.05, 4.69) is 37.7 Å². The van der Waals surface area contributed by atoms with Gasteiger partial charge in [-0.1, -0.05) is 65.3 Å². The third-order valence-electron chi connectivity index (χ3n) is 5.33. The standard InChI is InChI=1S/C28H36F3NO6.C5H12/c1-6-8-23(19-9-11-21(12-10-19)26(34)32-18-17-24(33)35-7-2)25(37-38-27(3,4)5)20-13-15-22(16-14-20)36-28(29,30)31;1-5(2,3)4/h9-16,23,25H,6-8,17-18H2,1-5H3,(H,32,34);1-4H3/t23-,25?;/m0./s1. The molecule has 0 aromatic heterocycles. The van der Waals surface area contributed by atoms with Crippen LogP contribution < -0.4 is 10.1 Å². The third kappa shape index (κ3) is 16.9. The molecule has 0 bridgehead atoms. The van der Waals surface area contributed by atoms with Crippen molar-refractivity contribution in [2.75, 3.05) is 13.2 Å². The maximum Gasteiger partial charge on any atom is 0.573 e. The second-order valence-electron chi connectivity index (χ2n) is 12.7. The van der Waals surface area contributed by atoms with Crippen LogP contribution in [0, 0.1) is 5.41 Å². The van der Waals surface area contributed by atoms with E-state index in [0.717, 1.165) is 12.0 Å².